The van der Waals surface area contributed by atoms with E-state index in [-0.39, 0.29) is 5.91 Å². The van der Waals surface area contributed by atoms with Crippen LogP contribution in [-0.4, -0.2) is 29.9 Å². The fourth-order valence-electron chi connectivity index (χ4n) is 2.36. The van der Waals surface area contributed by atoms with Crippen molar-refractivity contribution in [2.75, 3.05) is 0 Å². The van der Waals surface area contributed by atoms with E-state index < -0.39 is 24.0 Å². The molecule has 0 heterocycles. The van der Waals surface area contributed by atoms with Crippen molar-refractivity contribution in [2.45, 2.75) is 39.8 Å². The lowest BCUT2D eigenvalue weighted by Crippen LogP contribution is -2.53. The maximum absolute atomic E-state index is 12.2. The summed E-state index contributed by atoms with van der Waals surface area (Å²) in [6, 6.07) is 13.3. The minimum atomic E-state index is -0.830. The van der Waals surface area contributed by atoms with Crippen molar-refractivity contribution in [3.8, 4) is 5.75 Å². The Morgan fingerprint density at radius 3 is 2.18 bits per heavy atom. The van der Waals surface area contributed by atoms with Gasteiger partial charge in [-0.15, -0.1) is 0 Å². The summed E-state index contributed by atoms with van der Waals surface area (Å²) in [5, 5.41) is 2.57. The summed E-state index contributed by atoms with van der Waals surface area (Å²) >= 11 is 0. The van der Waals surface area contributed by atoms with E-state index in [1.807, 2.05) is 26.0 Å². The van der Waals surface area contributed by atoms with Crippen molar-refractivity contribution < 1.29 is 19.1 Å². The number of carbonyl (C=O) groups is 3. The maximum atomic E-state index is 12.2. The van der Waals surface area contributed by atoms with Crippen LogP contribution in [0.2, 0.25) is 0 Å². The average Bonchev–Trinajstić information content (AvgIpc) is 2.69. The molecule has 0 bridgehead atoms. The number of hydrogen-bond acceptors (Lipinski definition) is 4. The number of ether oxygens (including phenoxy) is 1. The number of hydrogen-bond donors (Lipinski definition) is 3. The summed E-state index contributed by atoms with van der Waals surface area (Å²) < 4.78 is 5.67. The Kier molecular flexibility index (Phi) is 7.14. The average molecular weight is 383 g/mol. The van der Waals surface area contributed by atoms with Crippen molar-refractivity contribution in [3.63, 3.8) is 0 Å². The first-order valence-electron chi connectivity index (χ1n) is 8.98. The minimum Gasteiger partial charge on any atom is -0.481 e. The Bertz CT molecular complexity index is 852. The second-order valence-electron chi connectivity index (χ2n) is 6.50. The highest BCUT2D eigenvalue weighted by atomic mass is 16.5. The molecule has 0 saturated carbocycles. The molecule has 0 fully saturated rings. The summed E-state index contributed by atoms with van der Waals surface area (Å²) in [6.45, 7) is 6.98. The van der Waals surface area contributed by atoms with Crippen LogP contribution in [-0.2, 0) is 9.59 Å². The Hall–Kier alpha value is -3.35. The van der Waals surface area contributed by atoms with Crippen LogP contribution < -0.4 is 20.9 Å². The standard InChI is InChI=1S/C21H25N3O4/c1-13-9-8-12-18(14(13)2)28-16(4)20(26)24-23-19(25)15(3)22-21(27)17-10-6-5-7-11-17/h5-12,15-16H,1-4H3,(H,22,27)(H,23,25)(H,24,26)/t15-,16?/m0/s1. The van der Waals surface area contributed by atoms with Gasteiger partial charge < -0.3 is 10.1 Å². The number of rotatable bonds is 6. The Balaban J connectivity index is 1.83. The van der Waals surface area contributed by atoms with Crippen LogP contribution in [0.15, 0.2) is 48.5 Å². The van der Waals surface area contributed by atoms with Crippen molar-refractivity contribution in [1.82, 2.24) is 16.2 Å². The van der Waals surface area contributed by atoms with Crippen LogP contribution in [0.3, 0.4) is 0 Å². The van der Waals surface area contributed by atoms with Crippen molar-refractivity contribution >= 4 is 17.7 Å². The molecule has 3 N–H and O–H groups in total. The first-order chi connectivity index (χ1) is 13.3. The SMILES string of the molecule is Cc1cccc(OC(C)C(=O)NNC(=O)[C@H](C)NC(=O)c2ccccc2)c1C. The third-order valence-corrected chi connectivity index (χ3v) is 4.31. The molecule has 0 aliphatic rings. The summed E-state index contributed by atoms with van der Waals surface area (Å²) in [4.78, 5) is 36.4. The van der Waals surface area contributed by atoms with Gasteiger partial charge in [0.05, 0.1) is 0 Å². The Morgan fingerprint density at radius 2 is 1.50 bits per heavy atom. The van der Waals surface area contributed by atoms with Crippen molar-refractivity contribution in [1.29, 1.82) is 0 Å². The molecule has 2 aromatic carbocycles. The van der Waals surface area contributed by atoms with Gasteiger partial charge in [0.25, 0.3) is 17.7 Å². The smallest absolute Gasteiger partial charge is 0.279 e. The molecule has 1 unspecified atom stereocenters. The summed E-state index contributed by atoms with van der Waals surface area (Å²) in [7, 11) is 0. The topological polar surface area (TPSA) is 96.5 Å². The zero-order valence-electron chi connectivity index (χ0n) is 16.4. The molecular formula is C21H25N3O4. The van der Waals surface area contributed by atoms with E-state index in [4.69, 9.17) is 4.74 Å². The molecule has 7 nitrogen and oxygen atoms in total. The van der Waals surface area contributed by atoms with E-state index >= 15 is 0 Å². The Labute approximate surface area is 164 Å². The maximum Gasteiger partial charge on any atom is 0.279 e. The second-order valence-corrected chi connectivity index (χ2v) is 6.50. The fourth-order valence-corrected chi connectivity index (χ4v) is 2.36. The van der Waals surface area contributed by atoms with Crippen LogP contribution in [0.4, 0.5) is 0 Å². The molecule has 0 aromatic heterocycles. The summed E-state index contributed by atoms with van der Waals surface area (Å²) in [5.74, 6) is -0.814. The lowest BCUT2D eigenvalue weighted by molar-refractivity contribution is -0.133. The minimum absolute atomic E-state index is 0.374. The molecule has 0 aliphatic carbocycles. The molecule has 0 saturated heterocycles. The summed E-state index contributed by atoms with van der Waals surface area (Å²) in [5.41, 5.74) is 7.06. The monoisotopic (exact) mass is 383 g/mol. The van der Waals surface area contributed by atoms with E-state index in [1.54, 1.807) is 43.3 Å². The van der Waals surface area contributed by atoms with Gasteiger partial charge in [0.1, 0.15) is 11.8 Å². The van der Waals surface area contributed by atoms with Gasteiger partial charge >= 0.3 is 0 Å². The molecule has 28 heavy (non-hydrogen) atoms. The van der Waals surface area contributed by atoms with E-state index in [0.29, 0.717) is 11.3 Å². The third-order valence-electron chi connectivity index (χ3n) is 4.31. The van der Waals surface area contributed by atoms with Crippen molar-refractivity contribution in [3.05, 3.63) is 65.2 Å². The largest absolute Gasteiger partial charge is 0.481 e. The van der Waals surface area contributed by atoms with Crippen LogP contribution >= 0.6 is 0 Å². The lowest BCUT2D eigenvalue weighted by atomic mass is 10.1. The first-order valence-corrected chi connectivity index (χ1v) is 8.98. The van der Waals surface area contributed by atoms with Gasteiger partial charge in [-0.3, -0.25) is 25.2 Å². The molecule has 2 aromatic rings. The van der Waals surface area contributed by atoms with E-state index in [2.05, 4.69) is 16.2 Å². The van der Waals surface area contributed by atoms with E-state index in [9.17, 15) is 14.4 Å². The predicted octanol–water partition coefficient (Wildman–Crippen LogP) is 2.04. The van der Waals surface area contributed by atoms with Gasteiger partial charge in [-0.1, -0.05) is 30.3 Å². The number of aryl methyl sites for hydroxylation is 1. The molecule has 7 heteroatoms. The van der Waals surface area contributed by atoms with Crippen molar-refractivity contribution in [2.24, 2.45) is 0 Å². The Morgan fingerprint density at radius 1 is 0.857 bits per heavy atom. The van der Waals surface area contributed by atoms with Gasteiger partial charge in [-0.25, -0.2) is 0 Å². The van der Waals surface area contributed by atoms with Gasteiger partial charge in [-0.05, 0) is 57.0 Å². The molecule has 3 amide bonds. The van der Waals surface area contributed by atoms with Gasteiger partial charge in [0, 0.05) is 5.56 Å². The number of nitrogens with one attached hydrogen (secondary N) is 3. The zero-order chi connectivity index (χ0) is 20.7. The normalized spacial score (nSPS) is 12.4. The fraction of sp³-hybridized carbons (Fsp3) is 0.286. The third kappa shape index (κ3) is 5.57. The van der Waals surface area contributed by atoms with Crippen LogP contribution in [0.25, 0.3) is 0 Å². The molecule has 0 aliphatic heterocycles. The molecule has 0 spiro atoms. The zero-order valence-corrected chi connectivity index (χ0v) is 16.4. The first kappa shape index (κ1) is 21.0. The number of benzene rings is 2. The number of amides is 3. The number of hydrazine groups is 1. The van der Waals surface area contributed by atoms with E-state index in [0.717, 1.165) is 11.1 Å². The van der Waals surface area contributed by atoms with Gasteiger partial charge in [-0.2, -0.15) is 0 Å². The molecule has 2 atom stereocenters. The van der Waals surface area contributed by atoms with Crippen LogP contribution in [0, 0.1) is 13.8 Å². The molecular weight excluding hydrogens is 358 g/mol. The lowest BCUT2D eigenvalue weighted by Gasteiger charge is -2.18. The molecule has 2 rings (SSSR count). The number of carbonyl (C=O) groups excluding carboxylic acids is 3. The quantitative estimate of drug-likeness (QED) is 0.665. The van der Waals surface area contributed by atoms with E-state index in [1.165, 1.54) is 6.92 Å². The van der Waals surface area contributed by atoms with Crippen LogP contribution in [0.5, 0.6) is 5.75 Å². The molecule has 0 radical (unpaired) electrons. The summed E-state index contributed by atoms with van der Waals surface area (Å²) in [6.07, 6.45) is -0.810. The molecule has 148 valence electrons. The van der Waals surface area contributed by atoms with Gasteiger partial charge in [0.15, 0.2) is 6.10 Å². The highest BCUT2D eigenvalue weighted by Crippen LogP contribution is 2.21. The van der Waals surface area contributed by atoms with Gasteiger partial charge in [0.2, 0.25) is 0 Å². The highest BCUT2D eigenvalue weighted by Gasteiger charge is 2.20. The highest BCUT2D eigenvalue weighted by molar-refractivity contribution is 5.97. The second kappa shape index (κ2) is 9.55. The predicted molar refractivity (Wildman–Crippen MR) is 106 cm³/mol. The van der Waals surface area contributed by atoms with Crippen LogP contribution in [0.1, 0.15) is 35.3 Å².